The molecule has 4 rings (SSSR count). The number of methoxy groups -OCH3 is 1. The fourth-order valence-electron chi connectivity index (χ4n) is 2.98. The van der Waals surface area contributed by atoms with Gasteiger partial charge >= 0.3 is 0 Å². The zero-order chi connectivity index (χ0) is 21.1. The average Bonchev–Trinajstić information content (AvgIpc) is 3.07. The third-order valence-electron chi connectivity index (χ3n) is 4.59. The molecule has 0 fully saturated rings. The number of carbonyl (C=O) groups excluding carboxylic acids is 2. The van der Waals surface area contributed by atoms with Crippen molar-refractivity contribution >= 4 is 29.2 Å². The molecule has 30 heavy (non-hydrogen) atoms. The summed E-state index contributed by atoms with van der Waals surface area (Å²) >= 11 is 5.84. The van der Waals surface area contributed by atoms with Crippen LogP contribution in [0.3, 0.4) is 0 Å². The van der Waals surface area contributed by atoms with Crippen molar-refractivity contribution in [3.8, 4) is 17.2 Å². The molecule has 1 aliphatic rings. The maximum Gasteiger partial charge on any atom is 0.231 e. The van der Waals surface area contributed by atoms with Crippen molar-refractivity contribution in [1.29, 1.82) is 0 Å². The first kappa shape index (κ1) is 19.7. The Bertz CT molecular complexity index is 1130. The molecule has 0 spiro atoms. The van der Waals surface area contributed by atoms with Gasteiger partial charge in [0.15, 0.2) is 18.1 Å². The van der Waals surface area contributed by atoms with Crippen LogP contribution in [0.4, 0.5) is 0 Å². The van der Waals surface area contributed by atoms with Gasteiger partial charge in [0.25, 0.3) is 0 Å². The number of hydrogen-bond acceptors (Lipinski definition) is 5. The number of fused-ring (bicyclic) bond motifs is 1. The molecule has 0 unspecified atom stereocenters. The summed E-state index contributed by atoms with van der Waals surface area (Å²) in [6.07, 6.45) is 1.67. The van der Waals surface area contributed by atoms with Crippen molar-refractivity contribution in [2.24, 2.45) is 0 Å². The summed E-state index contributed by atoms with van der Waals surface area (Å²) in [6, 6.07) is 18.8. The quantitative estimate of drug-likeness (QED) is 0.404. The molecule has 1 aliphatic heterocycles. The Hall–Kier alpha value is -3.57. The van der Waals surface area contributed by atoms with Crippen LogP contribution in [0, 0.1) is 0 Å². The summed E-state index contributed by atoms with van der Waals surface area (Å²) in [7, 11) is 1.59. The maximum absolute atomic E-state index is 12.6. The molecular weight excluding hydrogens is 404 g/mol. The minimum Gasteiger partial charge on any atom is -0.497 e. The molecule has 3 aromatic carbocycles. The van der Waals surface area contributed by atoms with Crippen molar-refractivity contribution < 1.29 is 23.8 Å². The molecule has 5 nitrogen and oxygen atoms in total. The summed E-state index contributed by atoms with van der Waals surface area (Å²) < 4.78 is 16.4. The van der Waals surface area contributed by atoms with Gasteiger partial charge in [0.05, 0.1) is 12.7 Å². The van der Waals surface area contributed by atoms with Crippen LogP contribution in [0.2, 0.25) is 5.02 Å². The van der Waals surface area contributed by atoms with E-state index in [0.29, 0.717) is 27.6 Å². The second kappa shape index (κ2) is 8.43. The second-order valence-corrected chi connectivity index (χ2v) is 7.03. The zero-order valence-electron chi connectivity index (χ0n) is 16.1. The summed E-state index contributed by atoms with van der Waals surface area (Å²) in [6.45, 7) is -0.136. The van der Waals surface area contributed by atoms with Gasteiger partial charge in [0.1, 0.15) is 17.2 Å². The molecule has 0 radical (unpaired) electrons. The van der Waals surface area contributed by atoms with Crippen LogP contribution in [0.15, 0.2) is 72.5 Å². The number of ketones is 2. The van der Waals surface area contributed by atoms with E-state index in [0.717, 1.165) is 11.3 Å². The lowest BCUT2D eigenvalue weighted by Gasteiger charge is -2.07. The fourth-order valence-corrected chi connectivity index (χ4v) is 3.10. The average molecular weight is 421 g/mol. The zero-order valence-corrected chi connectivity index (χ0v) is 16.8. The third kappa shape index (κ3) is 4.21. The number of ether oxygens (including phenoxy) is 3. The van der Waals surface area contributed by atoms with Crippen molar-refractivity contribution in [2.45, 2.75) is 0 Å². The summed E-state index contributed by atoms with van der Waals surface area (Å²) in [5.41, 5.74) is 1.78. The van der Waals surface area contributed by atoms with Crippen LogP contribution >= 0.6 is 11.6 Å². The van der Waals surface area contributed by atoms with Gasteiger partial charge in [-0.15, -0.1) is 0 Å². The Balaban J connectivity index is 1.45. The number of halogens is 1. The first-order chi connectivity index (χ1) is 14.5. The normalized spacial score (nSPS) is 13.7. The van der Waals surface area contributed by atoms with Gasteiger partial charge < -0.3 is 14.2 Å². The number of allylic oxidation sites excluding steroid dienone is 1. The Morgan fingerprint density at radius 2 is 1.70 bits per heavy atom. The van der Waals surface area contributed by atoms with E-state index >= 15 is 0 Å². The first-order valence-corrected chi connectivity index (χ1v) is 9.55. The molecule has 0 saturated heterocycles. The largest absolute Gasteiger partial charge is 0.497 e. The van der Waals surface area contributed by atoms with Gasteiger partial charge in [-0.25, -0.2) is 0 Å². The van der Waals surface area contributed by atoms with Gasteiger partial charge in [0.2, 0.25) is 5.78 Å². The minimum absolute atomic E-state index is 0.136. The molecule has 0 aromatic heterocycles. The molecule has 0 aliphatic carbocycles. The van der Waals surface area contributed by atoms with Crippen LogP contribution in [0.25, 0.3) is 6.08 Å². The molecule has 0 atom stereocenters. The molecule has 1 heterocycles. The van der Waals surface area contributed by atoms with Crippen molar-refractivity contribution in [3.63, 3.8) is 0 Å². The molecule has 0 bridgehead atoms. The van der Waals surface area contributed by atoms with E-state index in [1.807, 2.05) is 24.3 Å². The SMILES string of the molecule is COc1ccc(C=C2Oc3cc(OCC(=O)c4ccc(Cl)cc4)ccc3C2=O)cc1. The molecule has 0 amide bonds. The topological polar surface area (TPSA) is 61.8 Å². The van der Waals surface area contributed by atoms with Crippen LogP contribution in [-0.2, 0) is 0 Å². The molecule has 0 saturated carbocycles. The van der Waals surface area contributed by atoms with Crippen LogP contribution in [0.1, 0.15) is 26.3 Å². The van der Waals surface area contributed by atoms with E-state index in [-0.39, 0.29) is 23.9 Å². The van der Waals surface area contributed by atoms with Gasteiger partial charge in [-0.05, 0) is 60.2 Å². The molecule has 3 aromatic rings. The van der Waals surface area contributed by atoms with Crippen molar-refractivity contribution in [1.82, 2.24) is 0 Å². The third-order valence-corrected chi connectivity index (χ3v) is 4.84. The van der Waals surface area contributed by atoms with E-state index in [2.05, 4.69) is 0 Å². The Kier molecular flexibility index (Phi) is 5.55. The number of rotatable bonds is 6. The Morgan fingerprint density at radius 1 is 1.00 bits per heavy atom. The fraction of sp³-hybridized carbons (Fsp3) is 0.0833. The minimum atomic E-state index is -0.204. The summed E-state index contributed by atoms with van der Waals surface area (Å²) in [5, 5.41) is 0.561. The van der Waals surface area contributed by atoms with Crippen LogP contribution in [-0.4, -0.2) is 25.3 Å². The number of hydrogen-bond donors (Lipinski definition) is 0. The highest BCUT2D eigenvalue weighted by Gasteiger charge is 2.27. The van der Waals surface area contributed by atoms with Gasteiger partial charge in [-0.1, -0.05) is 23.7 Å². The van der Waals surface area contributed by atoms with Crippen LogP contribution in [0.5, 0.6) is 17.2 Å². The van der Waals surface area contributed by atoms with Crippen LogP contribution < -0.4 is 14.2 Å². The van der Waals surface area contributed by atoms with Crippen molar-refractivity contribution in [3.05, 3.63) is 94.2 Å². The maximum atomic E-state index is 12.6. The van der Waals surface area contributed by atoms with Crippen molar-refractivity contribution in [2.75, 3.05) is 13.7 Å². The predicted molar refractivity (Wildman–Crippen MR) is 114 cm³/mol. The van der Waals surface area contributed by atoms with E-state index in [1.165, 1.54) is 0 Å². The molecular formula is C24H17ClO5. The standard InChI is InChI=1S/C24H17ClO5/c1-28-18-8-2-15(3-9-18)12-23-24(27)20-11-10-19(13-22(20)30-23)29-14-21(26)16-4-6-17(25)7-5-16/h2-13H,14H2,1H3. The van der Waals surface area contributed by atoms with Gasteiger partial charge in [-0.2, -0.15) is 0 Å². The lowest BCUT2D eigenvalue weighted by atomic mass is 10.1. The van der Waals surface area contributed by atoms with E-state index in [4.69, 9.17) is 25.8 Å². The smallest absolute Gasteiger partial charge is 0.231 e. The Morgan fingerprint density at radius 3 is 2.40 bits per heavy atom. The lowest BCUT2D eigenvalue weighted by molar-refractivity contribution is 0.0921. The highest BCUT2D eigenvalue weighted by Crippen LogP contribution is 2.35. The molecule has 6 heteroatoms. The summed E-state index contributed by atoms with van der Waals surface area (Å²) in [5.74, 6) is 1.42. The lowest BCUT2D eigenvalue weighted by Crippen LogP contribution is -2.11. The second-order valence-electron chi connectivity index (χ2n) is 6.59. The first-order valence-electron chi connectivity index (χ1n) is 9.17. The van der Waals surface area contributed by atoms with E-state index < -0.39 is 0 Å². The van der Waals surface area contributed by atoms with E-state index in [9.17, 15) is 9.59 Å². The summed E-state index contributed by atoms with van der Waals surface area (Å²) in [4.78, 5) is 24.8. The highest BCUT2D eigenvalue weighted by atomic mass is 35.5. The van der Waals surface area contributed by atoms with E-state index in [1.54, 1.807) is 55.7 Å². The highest BCUT2D eigenvalue weighted by molar-refractivity contribution is 6.30. The number of benzene rings is 3. The predicted octanol–water partition coefficient (Wildman–Crippen LogP) is 5.23. The monoisotopic (exact) mass is 420 g/mol. The molecule has 150 valence electrons. The number of carbonyl (C=O) groups is 2. The Labute approximate surface area is 178 Å². The number of Topliss-reactive ketones (excluding diaryl/α,β-unsaturated/α-hetero) is 2. The van der Waals surface area contributed by atoms with Gasteiger partial charge in [0, 0.05) is 16.7 Å². The molecule has 0 N–H and O–H groups in total. The van der Waals surface area contributed by atoms with Gasteiger partial charge in [-0.3, -0.25) is 9.59 Å².